The number of aliphatic hydroxyl groups excluding tert-OH is 1. The van der Waals surface area contributed by atoms with Crippen LogP contribution in [-0.2, 0) is 9.59 Å². The number of carboxylic acid groups (broad SMARTS) is 1. The number of amides is 1. The number of nitrogens with one attached hydrogen (secondary N) is 3. The zero-order chi connectivity index (χ0) is 18.3. The van der Waals surface area contributed by atoms with E-state index in [4.69, 9.17) is 0 Å². The Bertz CT molecular complexity index is 471. The van der Waals surface area contributed by atoms with E-state index < -0.39 is 17.5 Å². The maximum Gasteiger partial charge on any atom is 0.312 e. The average molecular weight is 342 g/mol. The second kappa shape index (κ2) is 8.98. The molecule has 1 rings (SSSR count). The topological polar surface area (TPSA) is 123 Å². The van der Waals surface area contributed by atoms with Crippen molar-refractivity contribution in [1.29, 1.82) is 0 Å². The predicted octanol–water partition coefficient (Wildman–Crippen LogP) is 0.274. The third-order valence-corrected chi connectivity index (χ3v) is 4.98. The molecule has 0 heterocycles. The highest BCUT2D eigenvalue weighted by Crippen LogP contribution is 2.44. The molecule has 8 nitrogen and oxygen atoms in total. The molecule has 5 N–H and O–H groups in total. The minimum atomic E-state index is -1.17. The number of carbonyl (C=O) groups is 2. The number of aliphatic imine (C=N–C) groups is 1. The van der Waals surface area contributed by atoms with Crippen LogP contribution in [0, 0.1) is 11.3 Å². The van der Waals surface area contributed by atoms with Crippen LogP contribution >= 0.6 is 0 Å². The van der Waals surface area contributed by atoms with Gasteiger partial charge >= 0.3 is 5.97 Å². The highest BCUT2D eigenvalue weighted by atomic mass is 16.4. The summed E-state index contributed by atoms with van der Waals surface area (Å²) in [4.78, 5) is 27.3. The normalized spacial score (nSPS) is 29.4. The maximum absolute atomic E-state index is 11.9. The minimum Gasteiger partial charge on any atom is -0.481 e. The van der Waals surface area contributed by atoms with E-state index in [1.807, 2.05) is 13.8 Å². The van der Waals surface area contributed by atoms with Gasteiger partial charge in [0.1, 0.15) is 0 Å². The number of hydrogen-bond acceptors (Lipinski definition) is 5. The lowest BCUT2D eigenvalue weighted by Crippen LogP contribution is -2.40. The largest absolute Gasteiger partial charge is 0.481 e. The number of carboxylic acids is 1. The fourth-order valence-electron chi connectivity index (χ4n) is 3.25. The van der Waals surface area contributed by atoms with Crippen LogP contribution in [0.4, 0.5) is 0 Å². The molecule has 0 aromatic rings. The monoisotopic (exact) mass is 342 g/mol. The first-order valence-corrected chi connectivity index (χ1v) is 8.35. The lowest BCUT2D eigenvalue weighted by Gasteiger charge is -2.30. The van der Waals surface area contributed by atoms with Gasteiger partial charge in [-0.3, -0.25) is 14.6 Å². The maximum atomic E-state index is 11.9. The van der Waals surface area contributed by atoms with Gasteiger partial charge in [0.15, 0.2) is 0 Å². The summed E-state index contributed by atoms with van der Waals surface area (Å²) in [7, 11) is 1.70. The van der Waals surface area contributed by atoms with Crippen molar-refractivity contribution in [3.8, 4) is 0 Å². The Balaban J connectivity index is 2.72. The van der Waals surface area contributed by atoms with Crippen molar-refractivity contribution in [3.05, 3.63) is 0 Å². The van der Waals surface area contributed by atoms with Gasteiger partial charge in [-0.05, 0) is 38.5 Å². The SMILES string of the molecule is CNNC=NC1CC(O)C(CCC(C)C(C)NC(C)=O)(C(=O)O)C1. The van der Waals surface area contributed by atoms with Gasteiger partial charge in [0.25, 0.3) is 0 Å². The van der Waals surface area contributed by atoms with Crippen LogP contribution in [0.5, 0.6) is 0 Å². The Hall–Kier alpha value is -1.67. The summed E-state index contributed by atoms with van der Waals surface area (Å²) in [5.74, 6) is -0.964. The van der Waals surface area contributed by atoms with E-state index in [-0.39, 0.29) is 23.9 Å². The second-order valence-corrected chi connectivity index (χ2v) is 6.75. The predicted molar refractivity (Wildman–Crippen MR) is 91.5 cm³/mol. The van der Waals surface area contributed by atoms with Gasteiger partial charge in [0, 0.05) is 20.0 Å². The highest BCUT2D eigenvalue weighted by molar-refractivity contribution is 5.76. The summed E-state index contributed by atoms with van der Waals surface area (Å²) >= 11 is 0. The second-order valence-electron chi connectivity index (χ2n) is 6.75. The van der Waals surface area contributed by atoms with Crippen LogP contribution in [0.3, 0.4) is 0 Å². The van der Waals surface area contributed by atoms with Gasteiger partial charge < -0.3 is 21.0 Å². The van der Waals surface area contributed by atoms with Gasteiger partial charge in [-0.1, -0.05) is 6.92 Å². The number of nitrogens with zero attached hydrogens (tertiary/aromatic N) is 1. The smallest absolute Gasteiger partial charge is 0.312 e. The summed E-state index contributed by atoms with van der Waals surface area (Å²) in [6.45, 7) is 5.34. The van der Waals surface area contributed by atoms with Gasteiger partial charge in [-0.2, -0.15) is 0 Å². The molecule has 24 heavy (non-hydrogen) atoms. The quantitative estimate of drug-likeness (QED) is 0.233. The summed E-state index contributed by atoms with van der Waals surface area (Å²) < 4.78 is 0. The molecule has 1 aliphatic carbocycles. The van der Waals surface area contributed by atoms with Gasteiger partial charge in [-0.15, -0.1) is 0 Å². The molecule has 1 saturated carbocycles. The van der Waals surface area contributed by atoms with Crippen LogP contribution in [0.2, 0.25) is 0 Å². The summed E-state index contributed by atoms with van der Waals surface area (Å²) in [5, 5.41) is 22.9. The van der Waals surface area contributed by atoms with Crippen molar-refractivity contribution in [2.24, 2.45) is 16.3 Å². The highest BCUT2D eigenvalue weighted by Gasteiger charge is 2.52. The van der Waals surface area contributed by atoms with E-state index in [9.17, 15) is 19.8 Å². The molecule has 1 fully saturated rings. The minimum absolute atomic E-state index is 0.0412. The summed E-state index contributed by atoms with van der Waals surface area (Å²) in [6.07, 6.45) is 2.18. The van der Waals surface area contributed by atoms with E-state index in [1.165, 1.54) is 13.3 Å². The van der Waals surface area contributed by atoms with Crippen molar-refractivity contribution in [2.75, 3.05) is 7.05 Å². The van der Waals surface area contributed by atoms with Crippen molar-refractivity contribution in [1.82, 2.24) is 16.2 Å². The fourth-order valence-corrected chi connectivity index (χ4v) is 3.25. The first-order valence-electron chi connectivity index (χ1n) is 8.35. The Kier molecular flexibility index (Phi) is 7.62. The van der Waals surface area contributed by atoms with E-state index in [0.717, 1.165) is 0 Å². The molecule has 0 radical (unpaired) electrons. The number of aliphatic carboxylic acids is 1. The van der Waals surface area contributed by atoms with Crippen LogP contribution in [0.1, 0.15) is 46.5 Å². The molecule has 5 atom stereocenters. The summed E-state index contributed by atoms with van der Waals surface area (Å²) in [5.41, 5.74) is 4.25. The molecule has 0 spiro atoms. The van der Waals surface area contributed by atoms with Gasteiger partial charge in [-0.25, -0.2) is 5.43 Å². The van der Waals surface area contributed by atoms with Crippen molar-refractivity contribution >= 4 is 18.2 Å². The number of aliphatic hydroxyl groups is 1. The van der Waals surface area contributed by atoms with Crippen molar-refractivity contribution in [2.45, 2.75) is 64.6 Å². The van der Waals surface area contributed by atoms with Crippen LogP contribution in [0.25, 0.3) is 0 Å². The lowest BCUT2D eigenvalue weighted by atomic mass is 9.77. The molecule has 0 aromatic heterocycles. The molecule has 0 aromatic carbocycles. The number of carbonyl (C=O) groups excluding carboxylic acids is 1. The fraction of sp³-hybridized carbons (Fsp3) is 0.812. The molecule has 8 heteroatoms. The van der Waals surface area contributed by atoms with E-state index in [0.29, 0.717) is 25.7 Å². The average Bonchev–Trinajstić information content (AvgIpc) is 2.81. The number of rotatable bonds is 9. The van der Waals surface area contributed by atoms with Crippen LogP contribution in [0.15, 0.2) is 4.99 Å². The molecular formula is C16H30N4O4. The third kappa shape index (κ3) is 5.17. The molecule has 1 amide bonds. The van der Waals surface area contributed by atoms with E-state index in [2.05, 4.69) is 21.2 Å². The molecule has 0 bridgehead atoms. The Morgan fingerprint density at radius 1 is 1.42 bits per heavy atom. The third-order valence-electron chi connectivity index (χ3n) is 4.98. The van der Waals surface area contributed by atoms with Crippen LogP contribution < -0.4 is 16.2 Å². The van der Waals surface area contributed by atoms with E-state index >= 15 is 0 Å². The molecule has 0 saturated heterocycles. The lowest BCUT2D eigenvalue weighted by molar-refractivity contribution is -0.155. The number of hydrazine groups is 1. The molecule has 1 aliphatic rings. The Labute approximate surface area is 143 Å². The van der Waals surface area contributed by atoms with Crippen LogP contribution in [-0.4, -0.2) is 53.7 Å². The Morgan fingerprint density at radius 3 is 2.62 bits per heavy atom. The van der Waals surface area contributed by atoms with Gasteiger partial charge in [0.05, 0.1) is 23.9 Å². The van der Waals surface area contributed by atoms with Gasteiger partial charge in [0.2, 0.25) is 5.91 Å². The van der Waals surface area contributed by atoms with Crippen molar-refractivity contribution < 1.29 is 19.8 Å². The molecule has 5 unspecified atom stereocenters. The Morgan fingerprint density at radius 2 is 2.08 bits per heavy atom. The zero-order valence-corrected chi connectivity index (χ0v) is 14.9. The first-order chi connectivity index (χ1) is 11.2. The van der Waals surface area contributed by atoms with Crippen molar-refractivity contribution in [3.63, 3.8) is 0 Å². The molecule has 138 valence electrons. The molecular weight excluding hydrogens is 312 g/mol. The van der Waals surface area contributed by atoms with E-state index in [1.54, 1.807) is 7.05 Å². The standard InChI is InChI=1S/C16H30N4O4/c1-10(11(2)20-12(3)21)5-6-16(15(23)24)8-13(7-14(16)22)18-9-19-17-4/h9-11,13-14,17,22H,5-8H2,1-4H3,(H,18,19)(H,20,21)(H,23,24). The summed E-state index contributed by atoms with van der Waals surface area (Å²) in [6, 6.07) is -0.263. The first kappa shape index (κ1) is 20.4. The number of hydrogen-bond donors (Lipinski definition) is 5. The molecule has 0 aliphatic heterocycles. The zero-order valence-electron chi connectivity index (χ0n) is 14.9.